The first-order chi connectivity index (χ1) is 14.0. The fourth-order valence-corrected chi connectivity index (χ4v) is 3.71. The van der Waals surface area contributed by atoms with Gasteiger partial charge in [-0.1, -0.05) is 53.2 Å². The summed E-state index contributed by atoms with van der Waals surface area (Å²) in [4.78, 5) is 16.9. The van der Waals surface area contributed by atoms with Crippen LogP contribution in [0.5, 0.6) is 5.75 Å². The fourth-order valence-electron chi connectivity index (χ4n) is 2.74. The Morgan fingerprint density at radius 3 is 2.72 bits per heavy atom. The normalized spacial score (nSPS) is 10.8. The SMILES string of the molecule is COc1ccc(Cl)cc1NC(=O)CSc1nc(CO)cn1Cc1ccc(C)cc1. The van der Waals surface area contributed by atoms with Gasteiger partial charge in [-0.2, -0.15) is 0 Å². The molecule has 0 fully saturated rings. The minimum atomic E-state index is -0.203. The first kappa shape index (κ1) is 21.2. The number of rotatable bonds is 8. The molecule has 0 radical (unpaired) electrons. The maximum atomic E-state index is 12.4. The van der Waals surface area contributed by atoms with Crippen LogP contribution >= 0.6 is 23.4 Å². The number of amides is 1. The summed E-state index contributed by atoms with van der Waals surface area (Å²) < 4.78 is 7.19. The van der Waals surface area contributed by atoms with Crippen molar-refractivity contribution in [2.75, 3.05) is 18.2 Å². The lowest BCUT2D eigenvalue weighted by molar-refractivity contribution is -0.113. The number of hydrogen-bond acceptors (Lipinski definition) is 5. The molecule has 0 saturated heterocycles. The van der Waals surface area contributed by atoms with Crippen molar-refractivity contribution < 1.29 is 14.6 Å². The lowest BCUT2D eigenvalue weighted by atomic mass is 10.1. The summed E-state index contributed by atoms with van der Waals surface area (Å²) in [6, 6.07) is 13.3. The highest BCUT2D eigenvalue weighted by atomic mass is 35.5. The van der Waals surface area contributed by atoms with Crippen LogP contribution in [-0.2, 0) is 17.9 Å². The first-order valence-corrected chi connectivity index (χ1v) is 10.3. The minimum Gasteiger partial charge on any atom is -0.495 e. The second-order valence-corrected chi connectivity index (χ2v) is 7.85. The van der Waals surface area contributed by atoms with Crippen molar-refractivity contribution >= 4 is 35.0 Å². The van der Waals surface area contributed by atoms with E-state index in [0.29, 0.717) is 33.9 Å². The van der Waals surface area contributed by atoms with Gasteiger partial charge in [0.1, 0.15) is 5.75 Å². The zero-order valence-corrected chi connectivity index (χ0v) is 17.8. The Morgan fingerprint density at radius 2 is 2.03 bits per heavy atom. The maximum Gasteiger partial charge on any atom is 0.234 e. The average molecular weight is 432 g/mol. The number of ether oxygens (including phenoxy) is 1. The minimum absolute atomic E-state index is 0.152. The van der Waals surface area contributed by atoms with Gasteiger partial charge in [0.2, 0.25) is 5.91 Å². The van der Waals surface area contributed by atoms with E-state index in [1.165, 1.54) is 24.4 Å². The Bertz CT molecular complexity index is 989. The van der Waals surface area contributed by atoms with Crippen LogP contribution in [0.1, 0.15) is 16.8 Å². The fraction of sp³-hybridized carbons (Fsp3) is 0.238. The number of aliphatic hydroxyl groups excluding tert-OH is 1. The number of aryl methyl sites for hydroxylation is 1. The molecule has 0 unspecified atom stereocenters. The number of imidazole rings is 1. The van der Waals surface area contributed by atoms with Gasteiger partial charge in [-0.05, 0) is 30.7 Å². The van der Waals surface area contributed by atoms with E-state index in [1.807, 2.05) is 11.5 Å². The number of halogens is 1. The van der Waals surface area contributed by atoms with E-state index in [9.17, 15) is 9.90 Å². The van der Waals surface area contributed by atoms with Crippen molar-refractivity contribution in [1.82, 2.24) is 9.55 Å². The molecule has 2 aromatic carbocycles. The van der Waals surface area contributed by atoms with E-state index in [1.54, 1.807) is 24.4 Å². The number of methoxy groups -OCH3 is 1. The molecule has 0 aliphatic carbocycles. The number of aliphatic hydroxyl groups is 1. The van der Waals surface area contributed by atoms with Gasteiger partial charge in [-0.3, -0.25) is 4.79 Å². The van der Waals surface area contributed by atoms with Crippen molar-refractivity contribution in [2.45, 2.75) is 25.2 Å². The number of thioether (sulfide) groups is 1. The van der Waals surface area contributed by atoms with Gasteiger partial charge in [-0.25, -0.2) is 4.98 Å². The molecular formula is C21H22ClN3O3S. The van der Waals surface area contributed by atoms with E-state index >= 15 is 0 Å². The molecule has 3 aromatic rings. The van der Waals surface area contributed by atoms with Crippen LogP contribution in [0.4, 0.5) is 5.69 Å². The smallest absolute Gasteiger partial charge is 0.234 e. The van der Waals surface area contributed by atoms with Gasteiger partial charge >= 0.3 is 0 Å². The largest absolute Gasteiger partial charge is 0.495 e. The number of hydrogen-bond donors (Lipinski definition) is 2. The number of benzene rings is 2. The van der Waals surface area contributed by atoms with Crippen molar-refractivity contribution in [3.63, 3.8) is 0 Å². The molecule has 0 bridgehead atoms. The third-order valence-electron chi connectivity index (χ3n) is 4.19. The molecule has 2 N–H and O–H groups in total. The van der Waals surface area contributed by atoms with Crippen LogP contribution in [0.2, 0.25) is 5.02 Å². The predicted octanol–water partition coefficient (Wildman–Crippen LogP) is 4.12. The lowest BCUT2D eigenvalue weighted by Crippen LogP contribution is -2.15. The van der Waals surface area contributed by atoms with E-state index in [0.717, 1.165) is 5.56 Å². The highest BCUT2D eigenvalue weighted by Crippen LogP contribution is 2.28. The van der Waals surface area contributed by atoms with Crippen LogP contribution in [-0.4, -0.2) is 33.4 Å². The van der Waals surface area contributed by atoms with Crippen LogP contribution in [0.3, 0.4) is 0 Å². The molecule has 0 aliphatic rings. The number of nitrogens with one attached hydrogen (secondary N) is 1. The third kappa shape index (κ3) is 5.76. The average Bonchev–Trinajstić information content (AvgIpc) is 3.10. The van der Waals surface area contributed by atoms with Gasteiger partial charge in [-0.15, -0.1) is 0 Å². The molecule has 8 heteroatoms. The number of aromatic nitrogens is 2. The van der Waals surface area contributed by atoms with E-state index in [4.69, 9.17) is 16.3 Å². The lowest BCUT2D eigenvalue weighted by Gasteiger charge is -2.11. The number of carbonyl (C=O) groups excluding carboxylic acids is 1. The number of carbonyl (C=O) groups is 1. The quantitative estimate of drug-likeness (QED) is 0.524. The van der Waals surface area contributed by atoms with E-state index < -0.39 is 0 Å². The summed E-state index contributed by atoms with van der Waals surface area (Å²) in [5.41, 5.74) is 3.40. The maximum absolute atomic E-state index is 12.4. The van der Waals surface area contributed by atoms with Crippen molar-refractivity contribution in [3.05, 3.63) is 70.5 Å². The zero-order chi connectivity index (χ0) is 20.8. The molecule has 0 saturated carbocycles. The van der Waals surface area contributed by atoms with E-state index in [2.05, 4.69) is 34.6 Å². The molecule has 6 nitrogen and oxygen atoms in total. The topological polar surface area (TPSA) is 76.4 Å². The van der Waals surface area contributed by atoms with Gasteiger partial charge in [0, 0.05) is 17.8 Å². The molecule has 152 valence electrons. The molecule has 3 rings (SSSR count). The van der Waals surface area contributed by atoms with Gasteiger partial charge in [0.25, 0.3) is 0 Å². The third-order valence-corrected chi connectivity index (χ3v) is 5.42. The second kappa shape index (κ2) is 9.82. The molecule has 0 spiro atoms. The van der Waals surface area contributed by atoms with Gasteiger partial charge < -0.3 is 19.7 Å². The van der Waals surface area contributed by atoms with Crippen LogP contribution in [0.15, 0.2) is 53.8 Å². The van der Waals surface area contributed by atoms with Crippen molar-refractivity contribution in [1.29, 1.82) is 0 Å². The number of anilines is 1. The molecule has 1 heterocycles. The van der Waals surface area contributed by atoms with Crippen molar-refractivity contribution in [2.24, 2.45) is 0 Å². The second-order valence-electron chi connectivity index (χ2n) is 6.47. The summed E-state index contributed by atoms with van der Waals surface area (Å²) >= 11 is 7.31. The Morgan fingerprint density at radius 1 is 1.28 bits per heavy atom. The molecule has 0 aliphatic heterocycles. The summed E-state index contributed by atoms with van der Waals surface area (Å²) in [6.45, 7) is 2.50. The first-order valence-electron chi connectivity index (χ1n) is 8.97. The summed E-state index contributed by atoms with van der Waals surface area (Å²) in [6.07, 6.45) is 1.81. The molecule has 1 amide bonds. The van der Waals surface area contributed by atoms with Crippen LogP contribution in [0, 0.1) is 6.92 Å². The summed E-state index contributed by atoms with van der Waals surface area (Å²) in [5.74, 6) is 0.494. The highest BCUT2D eigenvalue weighted by molar-refractivity contribution is 7.99. The Labute approximate surface area is 178 Å². The van der Waals surface area contributed by atoms with E-state index in [-0.39, 0.29) is 18.3 Å². The molecular weight excluding hydrogens is 410 g/mol. The highest BCUT2D eigenvalue weighted by Gasteiger charge is 2.13. The Hall–Kier alpha value is -2.48. The van der Waals surface area contributed by atoms with Crippen molar-refractivity contribution in [3.8, 4) is 5.75 Å². The summed E-state index contributed by atoms with van der Waals surface area (Å²) in [5, 5.41) is 13.4. The molecule has 0 atom stereocenters. The number of nitrogens with zero attached hydrogens (tertiary/aromatic N) is 2. The Balaban J connectivity index is 1.68. The summed E-state index contributed by atoms with van der Waals surface area (Å²) in [7, 11) is 1.53. The van der Waals surface area contributed by atoms with Gasteiger partial charge in [0.05, 0.1) is 30.9 Å². The molecule has 1 aromatic heterocycles. The van der Waals surface area contributed by atoms with Gasteiger partial charge in [0.15, 0.2) is 5.16 Å². The monoisotopic (exact) mass is 431 g/mol. The Kier molecular flexibility index (Phi) is 7.19. The zero-order valence-electron chi connectivity index (χ0n) is 16.2. The standard InChI is InChI=1S/C21H22ClN3O3S/c1-14-3-5-15(6-4-14)10-25-11-17(12-26)23-21(25)29-13-20(27)24-18-9-16(22)7-8-19(18)28-2/h3-9,11,26H,10,12-13H2,1-2H3,(H,24,27). The van der Waals surface area contributed by atoms with Crippen LogP contribution in [0.25, 0.3) is 0 Å². The van der Waals surface area contributed by atoms with Crippen LogP contribution < -0.4 is 10.1 Å². The molecule has 29 heavy (non-hydrogen) atoms. The predicted molar refractivity (Wildman–Crippen MR) is 116 cm³/mol.